The van der Waals surface area contributed by atoms with Crippen molar-refractivity contribution < 1.29 is 27.5 Å². The van der Waals surface area contributed by atoms with E-state index >= 15 is 0 Å². The summed E-state index contributed by atoms with van der Waals surface area (Å²) in [5.74, 6) is -1.09. The second kappa shape index (κ2) is 5.70. The van der Waals surface area contributed by atoms with E-state index in [1.54, 1.807) is 10.8 Å². The molecule has 0 aliphatic carbocycles. The predicted molar refractivity (Wildman–Crippen MR) is 78.9 cm³/mol. The molecule has 0 bridgehead atoms. The number of carbonyl (C=O) groups is 2. The number of fused-ring (bicyclic) bond motifs is 1. The summed E-state index contributed by atoms with van der Waals surface area (Å²) in [4.78, 5) is 25.8. The molecule has 1 aromatic carbocycles. The van der Waals surface area contributed by atoms with Gasteiger partial charge in [-0.3, -0.25) is 4.79 Å². The lowest BCUT2D eigenvalue weighted by Gasteiger charge is -2.29. The summed E-state index contributed by atoms with van der Waals surface area (Å²) in [5.41, 5.74) is -0.127. The first-order valence-corrected chi connectivity index (χ1v) is 7.09. The molecule has 1 aromatic heterocycles. The zero-order valence-electron chi connectivity index (χ0n) is 12.6. The number of hydrogen-bond donors (Lipinski definition) is 0. The fraction of sp³-hybridized carbons (Fsp3) is 0.250. The molecule has 8 heteroatoms. The Morgan fingerprint density at radius 3 is 2.38 bits per heavy atom. The summed E-state index contributed by atoms with van der Waals surface area (Å²) in [6.07, 6.45) is -2.82. The zero-order chi connectivity index (χ0) is 17.5. The number of alkyl halides is 3. The largest absolute Gasteiger partial charge is 0.465 e. The number of amides is 1. The smallest absolute Gasteiger partial charge is 0.416 e. The van der Waals surface area contributed by atoms with Gasteiger partial charge in [-0.05, 0) is 30.3 Å². The SMILES string of the molecule is COC(=O)c1ccn2c1C(=O)N(c1ccc(C(F)(F)F)cc1)CC2. The number of rotatable bonds is 2. The van der Waals surface area contributed by atoms with Gasteiger partial charge in [0.1, 0.15) is 5.69 Å². The monoisotopic (exact) mass is 338 g/mol. The molecular weight excluding hydrogens is 325 g/mol. The minimum absolute atomic E-state index is 0.138. The minimum atomic E-state index is -4.43. The number of carbonyl (C=O) groups excluding carboxylic acids is 2. The fourth-order valence-electron chi connectivity index (χ4n) is 2.69. The van der Waals surface area contributed by atoms with Crippen molar-refractivity contribution in [3.8, 4) is 0 Å². The normalized spacial score (nSPS) is 14.5. The van der Waals surface area contributed by atoms with Crippen LogP contribution in [0.15, 0.2) is 36.5 Å². The maximum atomic E-state index is 12.7. The second-order valence-corrected chi connectivity index (χ2v) is 5.26. The number of aromatic nitrogens is 1. The Balaban J connectivity index is 1.94. The molecule has 1 aliphatic rings. The van der Waals surface area contributed by atoms with Crippen LogP contribution in [-0.2, 0) is 17.5 Å². The van der Waals surface area contributed by atoms with Gasteiger partial charge in [0.15, 0.2) is 0 Å². The standard InChI is InChI=1S/C16H13F3N2O3/c1-24-15(23)12-6-7-20-8-9-21(14(22)13(12)20)11-4-2-10(3-5-11)16(17,18)19/h2-7H,8-9H2,1H3. The van der Waals surface area contributed by atoms with Crippen molar-refractivity contribution in [1.29, 1.82) is 0 Å². The lowest BCUT2D eigenvalue weighted by atomic mass is 10.1. The maximum absolute atomic E-state index is 12.7. The van der Waals surface area contributed by atoms with Crippen LogP contribution in [0.4, 0.5) is 18.9 Å². The number of nitrogens with zero attached hydrogens (tertiary/aromatic N) is 2. The number of ether oxygens (including phenoxy) is 1. The average molecular weight is 338 g/mol. The molecule has 0 fully saturated rings. The quantitative estimate of drug-likeness (QED) is 0.791. The Labute approximate surface area is 135 Å². The van der Waals surface area contributed by atoms with Crippen molar-refractivity contribution in [3.05, 3.63) is 53.3 Å². The fourth-order valence-corrected chi connectivity index (χ4v) is 2.69. The highest BCUT2D eigenvalue weighted by molar-refractivity contribution is 6.11. The number of methoxy groups -OCH3 is 1. The molecule has 0 unspecified atom stereocenters. The molecule has 3 rings (SSSR count). The van der Waals surface area contributed by atoms with Crippen LogP contribution in [0, 0.1) is 0 Å². The summed E-state index contributed by atoms with van der Waals surface area (Å²) in [7, 11) is 1.22. The van der Waals surface area contributed by atoms with E-state index in [-0.39, 0.29) is 11.3 Å². The molecule has 24 heavy (non-hydrogen) atoms. The first-order chi connectivity index (χ1) is 11.3. The van der Waals surface area contributed by atoms with Crippen LogP contribution in [-0.4, -0.2) is 30.1 Å². The highest BCUT2D eigenvalue weighted by atomic mass is 19.4. The summed E-state index contributed by atoms with van der Waals surface area (Å²) in [5, 5.41) is 0. The molecule has 0 saturated carbocycles. The van der Waals surface area contributed by atoms with E-state index < -0.39 is 23.6 Å². The molecule has 0 atom stereocenters. The van der Waals surface area contributed by atoms with E-state index in [9.17, 15) is 22.8 Å². The summed E-state index contributed by atoms with van der Waals surface area (Å²) in [6.45, 7) is 0.728. The Hall–Kier alpha value is -2.77. The van der Waals surface area contributed by atoms with Gasteiger partial charge in [0.25, 0.3) is 5.91 Å². The van der Waals surface area contributed by atoms with Crippen LogP contribution in [0.5, 0.6) is 0 Å². The number of halogens is 3. The lowest BCUT2D eigenvalue weighted by Crippen LogP contribution is -2.40. The highest BCUT2D eigenvalue weighted by Gasteiger charge is 2.33. The van der Waals surface area contributed by atoms with E-state index in [1.165, 1.54) is 30.2 Å². The van der Waals surface area contributed by atoms with Crippen molar-refractivity contribution in [2.45, 2.75) is 12.7 Å². The molecule has 0 radical (unpaired) electrons. The van der Waals surface area contributed by atoms with Gasteiger partial charge >= 0.3 is 12.1 Å². The van der Waals surface area contributed by atoms with Crippen LogP contribution >= 0.6 is 0 Å². The Kier molecular flexibility index (Phi) is 3.82. The first kappa shape index (κ1) is 16.1. The van der Waals surface area contributed by atoms with Crippen LogP contribution < -0.4 is 4.90 Å². The zero-order valence-corrected chi connectivity index (χ0v) is 12.6. The lowest BCUT2D eigenvalue weighted by molar-refractivity contribution is -0.137. The minimum Gasteiger partial charge on any atom is -0.465 e. The van der Waals surface area contributed by atoms with E-state index in [0.29, 0.717) is 18.8 Å². The van der Waals surface area contributed by atoms with Crippen molar-refractivity contribution in [2.75, 3.05) is 18.6 Å². The predicted octanol–water partition coefficient (Wildman–Crippen LogP) is 2.95. The third-order valence-electron chi connectivity index (χ3n) is 3.89. The highest BCUT2D eigenvalue weighted by Crippen LogP contribution is 2.31. The molecule has 126 valence electrons. The Morgan fingerprint density at radius 1 is 1.12 bits per heavy atom. The van der Waals surface area contributed by atoms with Crippen molar-refractivity contribution >= 4 is 17.6 Å². The second-order valence-electron chi connectivity index (χ2n) is 5.26. The van der Waals surface area contributed by atoms with Gasteiger partial charge in [0.2, 0.25) is 0 Å². The van der Waals surface area contributed by atoms with Gasteiger partial charge in [0.05, 0.1) is 18.2 Å². The van der Waals surface area contributed by atoms with Crippen LogP contribution in [0.3, 0.4) is 0 Å². The van der Waals surface area contributed by atoms with Crippen LogP contribution in [0.2, 0.25) is 0 Å². The molecule has 1 aliphatic heterocycles. The molecule has 2 heterocycles. The maximum Gasteiger partial charge on any atom is 0.416 e. The third kappa shape index (κ3) is 2.64. The van der Waals surface area contributed by atoms with Gasteiger partial charge in [-0.2, -0.15) is 13.2 Å². The molecule has 0 N–H and O–H groups in total. The van der Waals surface area contributed by atoms with Crippen molar-refractivity contribution in [2.24, 2.45) is 0 Å². The average Bonchev–Trinajstić information content (AvgIpc) is 2.99. The van der Waals surface area contributed by atoms with Gasteiger partial charge < -0.3 is 14.2 Å². The summed E-state index contributed by atoms with van der Waals surface area (Å²) < 4.78 is 44.2. The van der Waals surface area contributed by atoms with Gasteiger partial charge in [-0.1, -0.05) is 0 Å². The number of esters is 1. The van der Waals surface area contributed by atoms with E-state index in [1.807, 2.05) is 0 Å². The Morgan fingerprint density at radius 2 is 1.79 bits per heavy atom. The molecular formula is C16H13F3N2O3. The van der Waals surface area contributed by atoms with Gasteiger partial charge in [-0.25, -0.2) is 4.79 Å². The molecule has 1 amide bonds. The summed E-state index contributed by atoms with van der Waals surface area (Å²) >= 11 is 0. The number of hydrogen-bond acceptors (Lipinski definition) is 3. The van der Waals surface area contributed by atoms with Gasteiger partial charge in [0, 0.05) is 25.0 Å². The van der Waals surface area contributed by atoms with Crippen LogP contribution in [0.25, 0.3) is 0 Å². The molecule has 2 aromatic rings. The third-order valence-corrected chi connectivity index (χ3v) is 3.89. The van der Waals surface area contributed by atoms with Crippen LogP contribution in [0.1, 0.15) is 26.4 Å². The summed E-state index contributed by atoms with van der Waals surface area (Å²) in [6, 6.07) is 5.85. The van der Waals surface area contributed by atoms with E-state index in [0.717, 1.165) is 12.1 Å². The number of anilines is 1. The van der Waals surface area contributed by atoms with E-state index in [2.05, 4.69) is 4.74 Å². The van der Waals surface area contributed by atoms with Crippen molar-refractivity contribution in [3.63, 3.8) is 0 Å². The van der Waals surface area contributed by atoms with Gasteiger partial charge in [-0.15, -0.1) is 0 Å². The molecule has 0 spiro atoms. The number of benzene rings is 1. The molecule has 0 saturated heterocycles. The topological polar surface area (TPSA) is 51.5 Å². The van der Waals surface area contributed by atoms with Crippen molar-refractivity contribution in [1.82, 2.24) is 4.57 Å². The van der Waals surface area contributed by atoms with E-state index in [4.69, 9.17) is 0 Å². The molecule has 5 nitrogen and oxygen atoms in total. The Bertz CT molecular complexity index is 794. The first-order valence-electron chi connectivity index (χ1n) is 7.09.